The summed E-state index contributed by atoms with van der Waals surface area (Å²) in [5.41, 5.74) is 2.26. The summed E-state index contributed by atoms with van der Waals surface area (Å²) in [4.78, 5) is 26.0. The van der Waals surface area contributed by atoms with Crippen LogP contribution in [0.5, 0.6) is 0 Å². The Kier molecular flexibility index (Phi) is 6.58. The summed E-state index contributed by atoms with van der Waals surface area (Å²) in [6.07, 6.45) is 0. The molecule has 0 saturated carbocycles. The van der Waals surface area contributed by atoms with Gasteiger partial charge in [0.25, 0.3) is 5.91 Å². The molecule has 1 amide bonds. The second-order valence-corrected chi connectivity index (χ2v) is 6.69. The first-order chi connectivity index (χ1) is 11.9. The number of hydrogen-bond acceptors (Lipinski definition) is 4. The third-order valence-electron chi connectivity index (χ3n) is 3.68. The molecule has 0 aliphatic carbocycles. The van der Waals surface area contributed by atoms with E-state index in [1.807, 2.05) is 56.3 Å². The summed E-state index contributed by atoms with van der Waals surface area (Å²) in [6, 6.07) is 14.5. The van der Waals surface area contributed by atoms with Crippen molar-refractivity contribution >= 4 is 33.5 Å². The maximum Gasteiger partial charge on any atom is 0.338 e. The Morgan fingerprint density at radius 1 is 1.16 bits per heavy atom. The van der Waals surface area contributed by atoms with Gasteiger partial charge >= 0.3 is 5.97 Å². The van der Waals surface area contributed by atoms with Crippen LogP contribution in [0.25, 0.3) is 0 Å². The number of anilines is 1. The first-order valence-corrected chi connectivity index (χ1v) is 8.66. The van der Waals surface area contributed by atoms with Gasteiger partial charge in [0.1, 0.15) is 0 Å². The normalized spacial score (nSPS) is 11.5. The highest BCUT2D eigenvalue weighted by molar-refractivity contribution is 9.10. The van der Waals surface area contributed by atoms with E-state index in [0.717, 1.165) is 15.7 Å². The molecule has 0 spiro atoms. The van der Waals surface area contributed by atoms with Crippen LogP contribution in [0.4, 0.5) is 5.69 Å². The van der Waals surface area contributed by atoms with Gasteiger partial charge in [0.2, 0.25) is 0 Å². The minimum Gasteiger partial charge on any atom is -0.452 e. The van der Waals surface area contributed by atoms with Gasteiger partial charge in [-0.2, -0.15) is 0 Å². The van der Waals surface area contributed by atoms with Crippen molar-refractivity contribution < 1.29 is 14.3 Å². The molecule has 0 heterocycles. The Morgan fingerprint density at radius 2 is 1.88 bits per heavy atom. The Labute approximate surface area is 156 Å². The zero-order chi connectivity index (χ0) is 18.4. The minimum atomic E-state index is -0.521. The summed E-state index contributed by atoms with van der Waals surface area (Å²) in [5, 5.41) is 2.82. The molecule has 0 saturated heterocycles. The molecule has 132 valence electrons. The molecule has 2 aromatic carbocycles. The number of nitrogens with one attached hydrogen (secondary N) is 1. The molecule has 2 aromatic rings. The van der Waals surface area contributed by atoms with E-state index < -0.39 is 5.97 Å². The van der Waals surface area contributed by atoms with Crippen LogP contribution in [-0.2, 0) is 9.53 Å². The Morgan fingerprint density at radius 3 is 2.56 bits per heavy atom. The summed E-state index contributed by atoms with van der Waals surface area (Å²) < 4.78 is 6.03. The lowest BCUT2D eigenvalue weighted by molar-refractivity contribution is -0.124. The number of hydrogen-bond donors (Lipinski definition) is 1. The Bertz CT molecular complexity index is 762. The van der Waals surface area contributed by atoms with Gasteiger partial charge in [-0.15, -0.1) is 0 Å². The van der Waals surface area contributed by atoms with Crippen molar-refractivity contribution in [3.8, 4) is 0 Å². The Hall–Kier alpha value is -2.34. The molecule has 25 heavy (non-hydrogen) atoms. The van der Waals surface area contributed by atoms with Gasteiger partial charge in [-0.3, -0.25) is 4.79 Å². The van der Waals surface area contributed by atoms with Crippen LogP contribution in [0.15, 0.2) is 53.0 Å². The standard InChI is InChI=1S/C19H21BrN2O3/c1-13(16-9-4-5-10-17(16)20)21-18(23)12-25-19(24)14-7-6-8-15(11-14)22(2)3/h4-11,13H,12H2,1-3H3,(H,21,23)/t13-/m0/s1. The number of halogens is 1. The van der Waals surface area contributed by atoms with Crippen molar-refractivity contribution in [1.29, 1.82) is 0 Å². The molecule has 0 bridgehead atoms. The van der Waals surface area contributed by atoms with E-state index >= 15 is 0 Å². The summed E-state index contributed by atoms with van der Waals surface area (Å²) in [7, 11) is 3.78. The highest BCUT2D eigenvalue weighted by Crippen LogP contribution is 2.22. The average molecular weight is 405 g/mol. The number of ether oxygens (including phenoxy) is 1. The van der Waals surface area contributed by atoms with Crippen LogP contribution in [0.3, 0.4) is 0 Å². The van der Waals surface area contributed by atoms with Crippen molar-refractivity contribution in [2.75, 3.05) is 25.6 Å². The maximum atomic E-state index is 12.1. The molecule has 1 atom stereocenters. The SMILES string of the molecule is C[C@H](NC(=O)COC(=O)c1cccc(N(C)C)c1)c1ccccc1Br. The van der Waals surface area contributed by atoms with Crippen LogP contribution in [0.1, 0.15) is 28.9 Å². The van der Waals surface area contributed by atoms with Crippen molar-refractivity contribution in [2.24, 2.45) is 0 Å². The number of esters is 1. The second-order valence-electron chi connectivity index (χ2n) is 5.83. The van der Waals surface area contributed by atoms with Crippen LogP contribution < -0.4 is 10.2 Å². The van der Waals surface area contributed by atoms with E-state index in [-0.39, 0.29) is 18.6 Å². The monoisotopic (exact) mass is 404 g/mol. The predicted molar refractivity (Wildman–Crippen MR) is 102 cm³/mol. The first-order valence-electron chi connectivity index (χ1n) is 7.87. The Balaban J connectivity index is 1.90. The fraction of sp³-hybridized carbons (Fsp3) is 0.263. The summed E-state index contributed by atoms with van der Waals surface area (Å²) in [6.45, 7) is 1.56. The third-order valence-corrected chi connectivity index (χ3v) is 4.40. The number of carbonyl (C=O) groups excluding carboxylic acids is 2. The zero-order valence-electron chi connectivity index (χ0n) is 14.5. The fourth-order valence-corrected chi connectivity index (χ4v) is 2.94. The van der Waals surface area contributed by atoms with Crippen molar-refractivity contribution in [3.05, 3.63) is 64.1 Å². The molecule has 0 unspecified atom stereocenters. The van der Waals surface area contributed by atoms with E-state index in [2.05, 4.69) is 21.2 Å². The number of amides is 1. The van der Waals surface area contributed by atoms with Gasteiger partial charge < -0.3 is 15.0 Å². The van der Waals surface area contributed by atoms with E-state index in [9.17, 15) is 9.59 Å². The van der Waals surface area contributed by atoms with Crippen LogP contribution in [0, 0.1) is 0 Å². The van der Waals surface area contributed by atoms with E-state index in [1.54, 1.807) is 18.2 Å². The van der Waals surface area contributed by atoms with Gasteiger partial charge in [-0.05, 0) is 36.8 Å². The van der Waals surface area contributed by atoms with E-state index in [1.165, 1.54) is 0 Å². The van der Waals surface area contributed by atoms with Crippen molar-refractivity contribution in [2.45, 2.75) is 13.0 Å². The topological polar surface area (TPSA) is 58.6 Å². The highest BCUT2D eigenvalue weighted by Gasteiger charge is 2.15. The summed E-state index contributed by atoms with van der Waals surface area (Å²) >= 11 is 3.46. The lowest BCUT2D eigenvalue weighted by Crippen LogP contribution is -2.31. The average Bonchev–Trinajstić information content (AvgIpc) is 2.60. The third kappa shape index (κ3) is 5.32. The number of benzene rings is 2. The van der Waals surface area contributed by atoms with Crippen molar-refractivity contribution in [3.63, 3.8) is 0 Å². The molecule has 1 N–H and O–H groups in total. The maximum absolute atomic E-state index is 12.1. The van der Waals surface area contributed by atoms with Crippen LogP contribution in [-0.4, -0.2) is 32.6 Å². The lowest BCUT2D eigenvalue weighted by Gasteiger charge is -2.16. The smallest absolute Gasteiger partial charge is 0.338 e. The van der Waals surface area contributed by atoms with Gasteiger partial charge in [-0.25, -0.2) is 4.79 Å². The van der Waals surface area contributed by atoms with E-state index in [4.69, 9.17) is 4.74 Å². The molecular formula is C19H21BrN2O3. The number of carbonyl (C=O) groups is 2. The molecule has 2 rings (SSSR count). The van der Waals surface area contributed by atoms with Crippen LogP contribution in [0.2, 0.25) is 0 Å². The van der Waals surface area contributed by atoms with Crippen LogP contribution >= 0.6 is 15.9 Å². The molecule has 0 radical (unpaired) electrons. The number of nitrogens with zero attached hydrogens (tertiary/aromatic N) is 1. The molecule has 0 aliphatic heterocycles. The summed E-state index contributed by atoms with van der Waals surface area (Å²) in [5.74, 6) is -0.868. The van der Waals surface area contributed by atoms with Gasteiger partial charge in [0.05, 0.1) is 11.6 Å². The minimum absolute atomic E-state index is 0.196. The molecule has 6 heteroatoms. The molecule has 5 nitrogen and oxygen atoms in total. The van der Waals surface area contributed by atoms with Gasteiger partial charge in [0.15, 0.2) is 6.61 Å². The molecule has 0 aromatic heterocycles. The quantitative estimate of drug-likeness (QED) is 0.747. The second kappa shape index (κ2) is 8.67. The van der Waals surface area contributed by atoms with Crippen molar-refractivity contribution in [1.82, 2.24) is 5.32 Å². The van der Waals surface area contributed by atoms with E-state index in [0.29, 0.717) is 5.56 Å². The fourth-order valence-electron chi connectivity index (χ4n) is 2.31. The predicted octanol–water partition coefficient (Wildman–Crippen LogP) is 3.55. The molecule has 0 fully saturated rings. The lowest BCUT2D eigenvalue weighted by atomic mass is 10.1. The van der Waals surface area contributed by atoms with Gasteiger partial charge in [-0.1, -0.05) is 40.2 Å². The number of rotatable bonds is 6. The zero-order valence-corrected chi connectivity index (χ0v) is 16.0. The molecular weight excluding hydrogens is 384 g/mol. The van der Waals surface area contributed by atoms with Gasteiger partial charge in [0, 0.05) is 24.3 Å². The largest absolute Gasteiger partial charge is 0.452 e. The highest BCUT2D eigenvalue weighted by atomic mass is 79.9. The first kappa shape index (κ1) is 19.0. The molecule has 0 aliphatic rings.